The average molecular weight is 286 g/mol. The van der Waals surface area contributed by atoms with E-state index in [1.54, 1.807) is 0 Å². The number of alkyl halides is 4. The van der Waals surface area contributed by atoms with Crippen LogP contribution in [0.3, 0.4) is 0 Å². The Kier molecular flexibility index (Phi) is 7.75. The van der Waals surface area contributed by atoms with Crippen molar-refractivity contribution in [3.63, 3.8) is 0 Å². The Morgan fingerprint density at radius 3 is 1.27 bits per heavy atom. The summed E-state index contributed by atoms with van der Waals surface area (Å²) in [6.07, 6.45) is 0. The quantitative estimate of drug-likeness (QED) is 0.657. The van der Waals surface area contributed by atoms with Gasteiger partial charge in [0.2, 0.25) is 3.79 Å². The van der Waals surface area contributed by atoms with Gasteiger partial charge >= 0.3 is 29.5 Å². The number of hydrogen-bond donors (Lipinski definition) is 2. The van der Waals surface area contributed by atoms with Crippen molar-refractivity contribution in [3.05, 3.63) is 0 Å². The van der Waals surface area contributed by atoms with Crippen molar-refractivity contribution in [1.29, 1.82) is 0 Å². The molecule has 4 nitrogen and oxygen atoms in total. The molecule has 0 aromatic carbocycles. The summed E-state index contributed by atoms with van der Waals surface area (Å²) < 4.78 is 30.6. The Morgan fingerprint density at radius 1 is 1.18 bits per heavy atom. The van der Waals surface area contributed by atoms with Crippen molar-refractivity contribution < 1.29 is 29.5 Å². The van der Waals surface area contributed by atoms with Gasteiger partial charge in [-0.15, -0.1) is 11.6 Å². The van der Waals surface area contributed by atoms with Crippen LogP contribution in [0.1, 0.15) is 0 Å². The number of hydrogen-bond acceptors (Lipinski definition) is 2. The summed E-state index contributed by atoms with van der Waals surface area (Å²) in [4.78, 5) is 0. The van der Waals surface area contributed by atoms with Crippen molar-refractivity contribution in [2.75, 3.05) is 5.88 Å². The second-order valence-corrected chi connectivity index (χ2v) is 5.38. The summed E-state index contributed by atoms with van der Waals surface area (Å²) in [5.74, 6) is 0.0394. The van der Waals surface area contributed by atoms with E-state index >= 15 is 0 Å². The Bertz CT molecular complexity index is 173. The van der Waals surface area contributed by atoms with Crippen LogP contribution in [0.2, 0.25) is 0 Å². The van der Waals surface area contributed by atoms with Crippen LogP contribution in [0, 0.1) is 0 Å². The third-order valence-electron chi connectivity index (χ3n) is 0.152. The van der Waals surface area contributed by atoms with E-state index in [2.05, 4.69) is 0 Å². The van der Waals surface area contributed by atoms with Crippen molar-refractivity contribution in [3.8, 4) is 0 Å². The van der Waals surface area contributed by atoms with Gasteiger partial charge in [-0.05, 0) is 0 Å². The van der Waals surface area contributed by atoms with Crippen LogP contribution in [-0.4, -0.2) is 18.0 Å². The van der Waals surface area contributed by atoms with Crippen LogP contribution in [0.5, 0.6) is 0 Å². The van der Waals surface area contributed by atoms with Gasteiger partial charge in [-0.3, -0.25) is 0 Å². The molecule has 0 bridgehead atoms. The Labute approximate surface area is 85.4 Å². The molecule has 0 spiro atoms. The van der Waals surface area contributed by atoms with Crippen LogP contribution in [-0.2, 0) is 21.2 Å². The molecule has 0 aromatic rings. The standard InChI is InChI=1S/C2H2Cl4.Cr.2H2O.2O/c3-1-2(4,5)6;;;;;/h1H2;;2*1H2;;/q;+2;;;;/p-2. The van der Waals surface area contributed by atoms with Crippen molar-refractivity contribution in [1.82, 2.24) is 0 Å². The van der Waals surface area contributed by atoms with Gasteiger partial charge in [0.05, 0.1) is 5.88 Å². The minimum absolute atomic E-state index is 0.0394. The van der Waals surface area contributed by atoms with Gasteiger partial charge in [-0.1, -0.05) is 34.8 Å². The first-order valence-corrected chi connectivity index (χ1v) is 5.74. The SMILES string of the molecule is ClCC(Cl)(Cl)Cl.[O]=[Cr](=[O])([OH])[OH]. The van der Waals surface area contributed by atoms with Crippen LogP contribution in [0.4, 0.5) is 0 Å². The van der Waals surface area contributed by atoms with E-state index in [-0.39, 0.29) is 5.88 Å². The topological polar surface area (TPSA) is 74.6 Å². The molecule has 2 N–H and O–H groups in total. The molecule has 0 heterocycles. The summed E-state index contributed by atoms with van der Waals surface area (Å²) >= 11 is 15.2. The average Bonchev–Trinajstić information content (AvgIpc) is 1.59. The molecule has 70 valence electrons. The first-order valence-electron chi connectivity index (χ1n) is 1.89. The maximum absolute atomic E-state index is 8.82. The molecule has 0 unspecified atom stereocenters. The van der Waals surface area contributed by atoms with Gasteiger partial charge in [0, 0.05) is 0 Å². The Hall–Kier alpha value is 1.21. The molecular formula is C2H4Cl4CrO4. The van der Waals surface area contributed by atoms with E-state index in [0.29, 0.717) is 0 Å². The van der Waals surface area contributed by atoms with Crippen molar-refractivity contribution in [2.45, 2.75) is 3.79 Å². The predicted molar refractivity (Wildman–Crippen MR) is 36.8 cm³/mol. The summed E-state index contributed by atoms with van der Waals surface area (Å²) in [5.41, 5.74) is 0. The van der Waals surface area contributed by atoms with Crippen LogP contribution < -0.4 is 0 Å². The van der Waals surface area contributed by atoms with Gasteiger partial charge in [0.15, 0.2) is 0 Å². The Balaban J connectivity index is 0. The van der Waals surface area contributed by atoms with Crippen molar-refractivity contribution >= 4 is 46.4 Å². The van der Waals surface area contributed by atoms with E-state index in [9.17, 15) is 0 Å². The summed E-state index contributed by atoms with van der Waals surface area (Å²) in [7, 11) is 0. The molecule has 0 aliphatic heterocycles. The monoisotopic (exact) mass is 284 g/mol. The van der Waals surface area contributed by atoms with E-state index in [1.807, 2.05) is 0 Å². The van der Waals surface area contributed by atoms with E-state index in [4.69, 9.17) is 62.3 Å². The summed E-state index contributed by atoms with van der Waals surface area (Å²) in [6, 6.07) is 0. The molecule has 0 aliphatic rings. The van der Waals surface area contributed by atoms with Gasteiger partial charge in [0.1, 0.15) is 0 Å². The Morgan fingerprint density at radius 2 is 1.27 bits per heavy atom. The zero-order valence-corrected chi connectivity index (χ0v) is 9.14. The molecule has 11 heavy (non-hydrogen) atoms. The zero-order valence-electron chi connectivity index (χ0n) is 4.84. The molecule has 0 saturated heterocycles. The van der Waals surface area contributed by atoms with Crippen LogP contribution in [0.25, 0.3) is 0 Å². The van der Waals surface area contributed by atoms with Gasteiger partial charge < -0.3 is 0 Å². The van der Waals surface area contributed by atoms with E-state index in [0.717, 1.165) is 0 Å². The summed E-state index contributed by atoms with van der Waals surface area (Å²) in [5, 5.41) is 0. The van der Waals surface area contributed by atoms with Gasteiger partial charge in [-0.25, -0.2) is 0 Å². The van der Waals surface area contributed by atoms with E-state index in [1.165, 1.54) is 0 Å². The number of halogens is 4. The summed E-state index contributed by atoms with van der Waals surface area (Å²) in [6.45, 7) is 0. The second kappa shape index (κ2) is 5.79. The molecule has 0 radical (unpaired) electrons. The van der Waals surface area contributed by atoms with E-state index < -0.39 is 17.4 Å². The normalized spacial score (nSPS) is 11.8. The van der Waals surface area contributed by atoms with Crippen molar-refractivity contribution in [2.24, 2.45) is 0 Å². The van der Waals surface area contributed by atoms with Gasteiger partial charge in [-0.2, -0.15) is 0 Å². The zero-order chi connectivity index (χ0) is 9.71. The molecule has 9 heteroatoms. The molecule has 0 rings (SSSR count). The molecule has 0 fully saturated rings. The molecule has 0 aliphatic carbocycles. The third-order valence-corrected chi connectivity index (χ3v) is 1.36. The second-order valence-electron chi connectivity index (χ2n) is 1.20. The van der Waals surface area contributed by atoms with Crippen LogP contribution >= 0.6 is 46.4 Å². The first-order chi connectivity index (χ1) is 4.56. The molecule has 0 amide bonds. The fourth-order valence-electron chi connectivity index (χ4n) is 0. The first kappa shape index (κ1) is 14.7. The van der Waals surface area contributed by atoms with Crippen LogP contribution in [0.15, 0.2) is 0 Å². The molecule has 0 saturated carbocycles. The molecular weight excluding hydrogens is 282 g/mol. The third kappa shape index (κ3) is 53.6. The fraction of sp³-hybridized carbons (Fsp3) is 1.00. The van der Waals surface area contributed by atoms with Gasteiger partial charge in [0.25, 0.3) is 0 Å². The predicted octanol–water partition coefficient (Wildman–Crippen LogP) is 1.24. The molecule has 0 aromatic heterocycles. The number of rotatable bonds is 0. The molecule has 0 atom stereocenters. The fourth-order valence-corrected chi connectivity index (χ4v) is 0. The maximum atomic E-state index is 8.82. The minimum atomic E-state index is -5.25.